The molecule has 0 aromatic heterocycles. The molecule has 0 N–H and O–H groups in total. The van der Waals surface area contributed by atoms with Gasteiger partial charge in [0.1, 0.15) is 5.82 Å². The molecule has 134 valence electrons. The summed E-state index contributed by atoms with van der Waals surface area (Å²) in [4.78, 5) is 11.7. The lowest BCUT2D eigenvalue weighted by atomic mass is 10.0. The number of halogens is 4. The third kappa shape index (κ3) is 4.89. The van der Waals surface area contributed by atoms with Crippen molar-refractivity contribution in [2.45, 2.75) is 3.79 Å². The number of carbonyl (C=O) groups excluding carboxylic acids is 1. The van der Waals surface area contributed by atoms with Gasteiger partial charge in [-0.25, -0.2) is 9.18 Å². The van der Waals surface area contributed by atoms with Gasteiger partial charge in [-0.15, -0.1) is 0 Å². The van der Waals surface area contributed by atoms with Crippen molar-refractivity contribution in [2.24, 2.45) is 0 Å². The summed E-state index contributed by atoms with van der Waals surface area (Å²) in [7, 11) is 1.36. The standard InChI is InChI=1S/C18H11Cl3FNO3/c1-25-16-9-11(6-7-15(16)26-17(24)18(19,20)21)8-12(10-23)13-4-2-3-5-14(13)22/h2-9H,1H3/b12-8-. The number of carbonyl (C=O) groups is 1. The summed E-state index contributed by atoms with van der Waals surface area (Å²) in [6.07, 6.45) is 1.47. The van der Waals surface area contributed by atoms with Crippen LogP contribution >= 0.6 is 34.8 Å². The third-order valence-corrected chi connectivity index (χ3v) is 3.68. The molecule has 0 saturated carbocycles. The average molecular weight is 415 g/mol. The Balaban J connectivity index is 2.38. The summed E-state index contributed by atoms with van der Waals surface area (Å²) in [6, 6.07) is 12.3. The molecule has 0 radical (unpaired) electrons. The highest BCUT2D eigenvalue weighted by Crippen LogP contribution is 2.34. The number of alkyl halides is 3. The minimum atomic E-state index is -2.23. The van der Waals surface area contributed by atoms with Gasteiger partial charge in [-0.05, 0) is 29.8 Å². The van der Waals surface area contributed by atoms with Crippen LogP contribution in [0.2, 0.25) is 0 Å². The van der Waals surface area contributed by atoms with Crippen molar-refractivity contribution >= 4 is 52.4 Å². The van der Waals surface area contributed by atoms with E-state index >= 15 is 0 Å². The summed E-state index contributed by atoms with van der Waals surface area (Å²) in [6.45, 7) is 0. The molecular weight excluding hydrogens is 404 g/mol. The molecule has 0 aliphatic heterocycles. The van der Waals surface area contributed by atoms with E-state index in [0.717, 1.165) is 0 Å². The lowest BCUT2D eigenvalue weighted by Gasteiger charge is -2.13. The molecule has 4 nitrogen and oxygen atoms in total. The van der Waals surface area contributed by atoms with Gasteiger partial charge >= 0.3 is 5.97 Å². The Hall–Kier alpha value is -2.26. The highest BCUT2D eigenvalue weighted by Gasteiger charge is 2.33. The number of methoxy groups -OCH3 is 1. The zero-order chi connectivity index (χ0) is 19.3. The summed E-state index contributed by atoms with van der Waals surface area (Å²) < 4.78 is 21.8. The maximum atomic E-state index is 13.9. The maximum Gasteiger partial charge on any atom is 0.364 e. The van der Waals surface area contributed by atoms with Gasteiger partial charge in [-0.3, -0.25) is 0 Å². The number of ether oxygens (including phenoxy) is 2. The SMILES string of the molecule is COc1cc(/C=C(/C#N)c2ccccc2F)ccc1OC(=O)C(Cl)(Cl)Cl. The number of rotatable bonds is 4. The molecule has 0 fully saturated rings. The third-order valence-electron chi connectivity index (χ3n) is 3.22. The fourth-order valence-corrected chi connectivity index (χ4v) is 2.15. The van der Waals surface area contributed by atoms with Crippen LogP contribution in [0.1, 0.15) is 11.1 Å². The molecule has 0 aliphatic rings. The van der Waals surface area contributed by atoms with E-state index in [0.29, 0.717) is 5.56 Å². The molecule has 0 bridgehead atoms. The van der Waals surface area contributed by atoms with Gasteiger partial charge in [0.15, 0.2) is 11.5 Å². The minimum absolute atomic E-state index is 0.0328. The summed E-state index contributed by atoms with van der Waals surface area (Å²) in [5, 5.41) is 9.33. The van der Waals surface area contributed by atoms with Crippen LogP contribution in [0, 0.1) is 17.1 Å². The minimum Gasteiger partial charge on any atom is -0.493 e. The van der Waals surface area contributed by atoms with Crippen molar-refractivity contribution in [3.8, 4) is 17.6 Å². The Kier molecular flexibility index (Phi) is 6.49. The van der Waals surface area contributed by atoms with Gasteiger partial charge < -0.3 is 9.47 Å². The number of nitriles is 1. The molecule has 0 amide bonds. The molecule has 2 aromatic rings. The highest BCUT2D eigenvalue weighted by atomic mass is 35.6. The van der Waals surface area contributed by atoms with Gasteiger partial charge in [0.05, 0.1) is 18.8 Å². The smallest absolute Gasteiger partial charge is 0.364 e. The average Bonchev–Trinajstić information content (AvgIpc) is 2.60. The van der Waals surface area contributed by atoms with E-state index in [2.05, 4.69) is 0 Å². The molecule has 2 rings (SSSR count). The first-order valence-corrected chi connectivity index (χ1v) is 8.23. The Morgan fingerprint density at radius 1 is 1.19 bits per heavy atom. The molecule has 0 atom stereocenters. The van der Waals surface area contributed by atoms with Crippen LogP contribution in [0.3, 0.4) is 0 Å². The zero-order valence-corrected chi connectivity index (χ0v) is 15.6. The van der Waals surface area contributed by atoms with Crippen LogP contribution in [-0.4, -0.2) is 16.9 Å². The van der Waals surface area contributed by atoms with Gasteiger partial charge in [0.2, 0.25) is 0 Å². The van der Waals surface area contributed by atoms with E-state index in [4.69, 9.17) is 44.3 Å². The number of hydrogen-bond acceptors (Lipinski definition) is 4. The number of esters is 1. The molecule has 0 aliphatic carbocycles. The highest BCUT2D eigenvalue weighted by molar-refractivity contribution is 6.75. The Labute approximate surface area is 164 Å². The Bertz CT molecular complexity index is 901. The molecule has 0 heterocycles. The van der Waals surface area contributed by atoms with Crippen LogP contribution in [-0.2, 0) is 4.79 Å². The molecular formula is C18H11Cl3FNO3. The first-order valence-electron chi connectivity index (χ1n) is 7.10. The number of allylic oxidation sites excluding steroid dienone is 1. The van der Waals surface area contributed by atoms with E-state index in [1.807, 2.05) is 6.07 Å². The van der Waals surface area contributed by atoms with Crippen molar-refractivity contribution in [1.82, 2.24) is 0 Å². The normalized spacial score (nSPS) is 11.6. The summed E-state index contributed by atoms with van der Waals surface area (Å²) in [5.74, 6) is -1.40. The van der Waals surface area contributed by atoms with E-state index < -0.39 is 15.6 Å². The number of nitrogens with zero attached hydrogens (tertiary/aromatic N) is 1. The van der Waals surface area contributed by atoms with Crippen molar-refractivity contribution in [3.63, 3.8) is 0 Å². The molecule has 2 aromatic carbocycles. The second-order valence-electron chi connectivity index (χ2n) is 4.95. The van der Waals surface area contributed by atoms with Gasteiger partial charge in [0.25, 0.3) is 3.79 Å². The van der Waals surface area contributed by atoms with E-state index in [1.54, 1.807) is 12.1 Å². The Morgan fingerprint density at radius 3 is 2.46 bits per heavy atom. The van der Waals surface area contributed by atoms with Crippen LogP contribution in [0.4, 0.5) is 4.39 Å². The van der Waals surface area contributed by atoms with Crippen molar-refractivity contribution in [2.75, 3.05) is 7.11 Å². The fraction of sp³-hybridized carbons (Fsp3) is 0.111. The van der Waals surface area contributed by atoms with Crippen molar-refractivity contribution in [1.29, 1.82) is 5.26 Å². The first kappa shape index (κ1) is 20.1. The van der Waals surface area contributed by atoms with Gasteiger partial charge in [-0.1, -0.05) is 59.1 Å². The maximum absolute atomic E-state index is 13.9. The predicted octanol–water partition coefficient (Wildman–Crippen LogP) is 5.17. The van der Waals surface area contributed by atoms with Crippen LogP contribution < -0.4 is 9.47 Å². The summed E-state index contributed by atoms with van der Waals surface area (Å²) >= 11 is 16.4. The van der Waals surface area contributed by atoms with Crippen molar-refractivity contribution in [3.05, 3.63) is 59.4 Å². The quantitative estimate of drug-likeness (QED) is 0.227. The largest absolute Gasteiger partial charge is 0.493 e. The van der Waals surface area contributed by atoms with E-state index in [-0.39, 0.29) is 22.6 Å². The van der Waals surface area contributed by atoms with Gasteiger partial charge in [-0.2, -0.15) is 5.26 Å². The second-order valence-corrected chi connectivity index (χ2v) is 7.23. The van der Waals surface area contributed by atoms with Crippen LogP contribution in [0.15, 0.2) is 42.5 Å². The monoisotopic (exact) mass is 413 g/mol. The molecule has 0 unspecified atom stereocenters. The van der Waals surface area contributed by atoms with Crippen LogP contribution in [0.25, 0.3) is 11.6 Å². The van der Waals surface area contributed by atoms with Gasteiger partial charge in [0, 0.05) is 5.56 Å². The summed E-state index contributed by atoms with van der Waals surface area (Å²) in [5.41, 5.74) is 0.812. The lowest BCUT2D eigenvalue weighted by Crippen LogP contribution is -2.24. The van der Waals surface area contributed by atoms with E-state index in [9.17, 15) is 14.4 Å². The molecule has 0 saturated heterocycles. The zero-order valence-electron chi connectivity index (χ0n) is 13.3. The fourth-order valence-electron chi connectivity index (χ4n) is 2.03. The predicted molar refractivity (Wildman–Crippen MR) is 98.8 cm³/mol. The Morgan fingerprint density at radius 2 is 1.88 bits per heavy atom. The van der Waals surface area contributed by atoms with Crippen molar-refractivity contribution < 1.29 is 18.7 Å². The molecule has 8 heteroatoms. The lowest BCUT2D eigenvalue weighted by molar-refractivity contribution is -0.133. The first-order chi connectivity index (χ1) is 12.3. The molecule has 0 spiro atoms. The molecule has 26 heavy (non-hydrogen) atoms. The number of hydrogen-bond donors (Lipinski definition) is 0. The second kappa shape index (κ2) is 8.41. The number of benzene rings is 2. The van der Waals surface area contributed by atoms with Crippen LogP contribution in [0.5, 0.6) is 11.5 Å². The van der Waals surface area contributed by atoms with E-state index in [1.165, 1.54) is 43.5 Å². The topological polar surface area (TPSA) is 59.3 Å².